The minimum Gasteiger partial charge on any atom is -0.481 e. The second kappa shape index (κ2) is 7.74. The first-order valence-electron chi connectivity index (χ1n) is 6.73. The minimum atomic E-state index is -0.636. The topological polar surface area (TPSA) is 95.7 Å². The third-order valence-corrected chi connectivity index (χ3v) is 4.43. The standard InChI is InChI=1S/C15H13Br2NO5/c16-11-5-4-10(13(17)14(11)22-7-12(18)20)15(21)23-9-3-1-2-8(19)6-9/h4-6H,1-3,7H2,(H2,18,20). The van der Waals surface area contributed by atoms with Gasteiger partial charge in [0.15, 0.2) is 12.4 Å². The van der Waals surface area contributed by atoms with Crippen molar-refractivity contribution in [1.82, 2.24) is 0 Å². The normalized spacial score (nSPS) is 14.2. The molecule has 0 saturated carbocycles. The van der Waals surface area contributed by atoms with Crippen LogP contribution in [0.1, 0.15) is 29.6 Å². The molecular weight excluding hydrogens is 434 g/mol. The lowest BCUT2D eigenvalue weighted by Crippen LogP contribution is -2.20. The highest BCUT2D eigenvalue weighted by Crippen LogP contribution is 2.36. The molecule has 0 saturated heterocycles. The first kappa shape index (κ1) is 17.7. The lowest BCUT2D eigenvalue weighted by Gasteiger charge is -2.15. The van der Waals surface area contributed by atoms with Crippen molar-refractivity contribution in [2.75, 3.05) is 6.61 Å². The predicted molar refractivity (Wildman–Crippen MR) is 88.9 cm³/mol. The molecule has 2 rings (SSSR count). The average Bonchev–Trinajstić information content (AvgIpc) is 2.46. The molecule has 2 N–H and O–H groups in total. The van der Waals surface area contributed by atoms with Gasteiger partial charge < -0.3 is 15.2 Å². The van der Waals surface area contributed by atoms with E-state index in [9.17, 15) is 14.4 Å². The Labute approximate surface area is 149 Å². The van der Waals surface area contributed by atoms with Gasteiger partial charge in [-0.3, -0.25) is 9.59 Å². The van der Waals surface area contributed by atoms with Crippen LogP contribution in [0.4, 0.5) is 0 Å². The van der Waals surface area contributed by atoms with E-state index in [1.165, 1.54) is 6.08 Å². The number of carbonyl (C=O) groups excluding carboxylic acids is 3. The largest absolute Gasteiger partial charge is 0.481 e. The van der Waals surface area contributed by atoms with Crippen LogP contribution in [0.2, 0.25) is 0 Å². The SMILES string of the molecule is NC(=O)COc1c(Br)ccc(C(=O)OC2=CC(=O)CCC2)c1Br. The van der Waals surface area contributed by atoms with E-state index in [0.29, 0.717) is 34.0 Å². The summed E-state index contributed by atoms with van der Waals surface area (Å²) in [6, 6.07) is 3.14. The fraction of sp³-hybridized carbons (Fsp3) is 0.267. The maximum Gasteiger partial charge on any atom is 0.344 e. The fourth-order valence-corrected chi connectivity index (χ4v) is 3.31. The molecule has 6 nitrogen and oxygen atoms in total. The second-order valence-corrected chi connectivity index (χ2v) is 6.46. The monoisotopic (exact) mass is 445 g/mol. The van der Waals surface area contributed by atoms with E-state index in [-0.39, 0.29) is 23.7 Å². The summed E-state index contributed by atoms with van der Waals surface area (Å²) in [6.07, 6.45) is 3.01. The van der Waals surface area contributed by atoms with E-state index < -0.39 is 11.9 Å². The summed E-state index contributed by atoms with van der Waals surface area (Å²) < 4.78 is 11.4. The van der Waals surface area contributed by atoms with Crippen molar-refractivity contribution in [2.45, 2.75) is 19.3 Å². The van der Waals surface area contributed by atoms with Gasteiger partial charge in [0, 0.05) is 18.9 Å². The van der Waals surface area contributed by atoms with Gasteiger partial charge in [-0.1, -0.05) is 0 Å². The number of rotatable bonds is 5. The van der Waals surface area contributed by atoms with Crippen LogP contribution < -0.4 is 10.5 Å². The number of hydrogen-bond donors (Lipinski definition) is 1. The highest BCUT2D eigenvalue weighted by atomic mass is 79.9. The van der Waals surface area contributed by atoms with Crippen molar-refractivity contribution in [3.8, 4) is 5.75 Å². The van der Waals surface area contributed by atoms with E-state index in [1.54, 1.807) is 12.1 Å². The number of nitrogens with two attached hydrogens (primary N) is 1. The minimum absolute atomic E-state index is 0.0561. The molecule has 1 aromatic carbocycles. The summed E-state index contributed by atoms with van der Waals surface area (Å²) >= 11 is 6.54. The lowest BCUT2D eigenvalue weighted by atomic mass is 10.1. The van der Waals surface area contributed by atoms with Crippen LogP contribution in [0.3, 0.4) is 0 Å². The molecule has 0 spiro atoms. The number of ether oxygens (including phenoxy) is 2. The Bertz CT molecular complexity index is 699. The fourth-order valence-electron chi connectivity index (χ4n) is 1.98. The van der Waals surface area contributed by atoms with Gasteiger partial charge in [0.1, 0.15) is 11.5 Å². The highest BCUT2D eigenvalue weighted by molar-refractivity contribution is 9.11. The summed E-state index contributed by atoms with van der Waals surface area (Å²) in [5.41, 5.74) is 5.26. The third-order valence-electron chi connectivity index (χ3n) is 3.02. The van der Waals surface area contributed by atoms with E-state index in [4.69, 9.17) is 15.2 Å². The first-order valence-corrected chi connectivity index (χ1v) is 8.31. The van der Waals surface area contributed by atoms with Crippen LogP contribution in [0, 0.1) is 0 Å². The Balaban J connectivity index is 2.21. The number of amides is 1. The Morgan fingerprint density at radius 2 is 1.96 bits per heavy atom. The van der Waals surface area contributed by atoms with E-state index >= 15 is 0 Å². The summed E-state index contributed by atoms with van der Waals surface area (Å²) in [6.45, 7) is -0.324. The highest BCUT2D eigenvalue weighted by Gasteiger charge is 2.21. The number of carbonyl (C=O) groups is 3. The van der Waals surface area contributed by atoms with Crippen molar-refractivity contribution in [2.24, 2.45) is 5.73 Å². The van der Waals surface area contributed by atoms with Crippen LogP contribution in [0.5, 0.6) is 5.75 Å². The molecule has 8 heteroatoms. The number of benzene rings is 1. The van der Waals surface area contributed by atoms with E-state index in [2.05, 4.69) is 31.9 Å². The average molecular weight is 447 g/mol. The molecule has 0 heterocycles. The maximum absolute atomic E-state index is 12.3. The lowest BCUT2D eigenvalue weighted by molar-refractivity contribution is -0.120. The maximum atomic E-state index is 12.3. The Hall–Kier alpha value is -1.67. The van der Waals surface area contributed by atoms with Gasteiger partial charge in [0.05, 0.1) is 14.5 Å². The van der Waals surface area contributed by atoms with Gasteiger partial charge >= 0.3 is 5.97 Å². The molecule has 0 fully saturated rings. The van der Waals surface area contributed by atoms with Gasteiger partial charge in [0.2, 0.25) is 0 Å². The van der Waals surface area contributed by atoms with Crippen molar-refractivity contribution in [3.63, 3.8) is 0 Å². The van der Waals surface area contributed by atoms with Crippen LogP contribution in [-0.4, -0.2) is 24.3 Å². The van der Waals surface area contributed by atoms with Crippen LogP contribution in [-0.2, 0) is 14.3 Å². The van der Waals surface area contributed by atoms with Crippen molar-refractivity contribution in [1.29, 1.82) is 0 Å². The number of hydrogen-bond acceptors (Lipinski definition) is 5. The zero-order valence-electron chi connectivity index (χ0n) is 11.9. The number of esters is 1. The molecule has 0 bridgehead atoms. The second-order valence-electron chi connectivity index (χ2n) is 4.81. The molecule has 23 heavy (non-hydrogen) atoms. The van der Waals surface area contributed by atoms with Gasteiger partial charge in [-0.25, -0.2) is 4.79 Å². The molecule has 1 aliphatic rings. The molecule has 0 unspecified atom stereocenters. The Morgan fingerprint density at radius 1 is 1.22 bits per heavy atom. The van der Waals surface area contributed by atoms with Crippen molar-refractivity contribution >= 4 is 49.5 Å². The molecule has 0 radical (unpaired) electrons. The summed E-state index contributed by atoms with van der Waals surface area (Å²) in [5, 5.41) is 0. The van der Waals surface area contributed by atoms with E-state index in [0.717, 1.165) is 0 Å². The van der Waals surface area contributed by atoms with E-state index in [1.807, 2.05) is 0 Å². The summed E-state index contributed by atoms with van der Waals surface area (Å²) in [4.78, 5) is 34.5. The number of halogens is 2. The summed E-state index contributed by atoms with van der Waals surface area (Å²) in [7, 11) is 0. The molecule has 0 aromatic heterocycles. The molecule has 122 valence electrons. The van der Waals surface area contributed by atoms with Crippen molar-refractivity contribution in [3.05, 3.63) is 38.5 Å². The quantitative estimate of drug-likeness (QED) is 0.701. The molecule has 1 aliphatic carbocycles. The number of ketones is 1. The molecule has 0 atom stereocenters. The van der Waals surface area contributed by atoms with Crippen LogP contribution in [0.25, 0.3) is 0 Å². The van der Waals surface area contributed by atoms with Crippen LogP contribution in [0.15, 0.2) is 32.9 Å². The molecule has 1 amide bonds. The van der Waals surface area contributed by atoms with Crippen LogP contribution >= 0.6 is 31.9 Å². The predicted octanol–water partition coefficient (Wildman–Crippen LogP) is 2.87. The molecule has 0 aliphatic heterocycles. The number of primary amides is 1. The van der Waals surface area contributed by atoms with Gasteiger partial charge in [0.25, 0.3) is 5.91 Å². The molecular formula is C15H13Br2NO5. The zero-order valence-corrected chi connectivity index (χ0v) is 15.1. The number of allylic oxidation sites excluding steroid dienone is 2. The third kappa shape index (κ3) is 4.65. The molecule has 1 aromatic rings. The first-order chi connectivity index (χ1) is 10.9. The Kier molecular flexibility index (Phi) is 5.95. The van der Waals surface area contributed by atoms with Crippen molar-refractivity contribution < 1.29 is 23.9 Å². The van der Waals surface area contributed by atoms with Gasteiger partial charge in [-0.15, -0.1) is 0 Å². The Morgan fingerprint density at radius 3 is 2.61 bits per heavy atom. The smallest absolute Gasteiger partial charge is 0.344 e. The summed E-state index contributed by atoms with van der Waals surface area (Å²) in [5.74, 6) is -0.691. The van der Waals surface area contributed by atoms with Gasteiger partial charge in [-0.2, -0.15) is 0 Å². The zero-order chi connectivity index (χ0) is 17.0. The van der Waals surface area contributed by atoms with Gasteiger partial charge in [-0.05, 0) is 50.4 Å².